The number of hydrogen-bond acceptors (Lipinski definition) is 6. The third kappa shape index (κ3) is 3.97. The fourth-order valence-corrected chi connectivity index (χ4v) is 4.08. The Bertz CT molecular complexity index is 1210. The van der Waals surface area contributed by atoms with Crippen molar-refractivity contribution in [3.8, 4) is 5.75 Å². The molecule has 8 heteroatoms. The van der Waals surface area contributed by atoms with Crippen molar-refractivity contribution in [2.75, 3.05) is 19.8 Å². The highest BCUT2D eigenvalue weighted by Crippen LogP contribution is 2.40. The molecule has 0 saturated carbocycles. The van der Waals surface area contributed by atoms with Gasteiger partial charge in [-0.1, -0.05) is 30.7 Å². The van der Waals surface area contributed by atoms with Crippen molar-refractivity contribution in [3.05, 3.63) is 76.2 Å². The zero-order chi connectivity index (χ0) is 22.8. The summed E-state index contributed by atoms with van der Waals surface area (Å²) in [7, 11) is 0. The molecular formula is C24H22ClNO6. The maximum Gasteiger partial charge on any atom is 0.290 e. The monoisotopic (exact) mass is 455 g/mol. The van der Waals surface area contributed by atoms with E-state index in [4.69, 9.17) is 25.9 Å². The first-order chi connectivity index (χ1) is 15.4. The van der Waals surface area contributed by atoms with Crippen LogP contribution in [-0.2, 0) is 4.79 Å². The number of benzene rings is 2. The molecule has 1 aliphatic heterocycles. The van der Waals surface area contributed by atoms with Gasteiger partial charge in [-0.25, -0.2) is 0 Å². The second-order valence-electron chi connectivity index (χ2n) is 7.43. The predicted molar refractivity (Wildman–Crippen MR) is 119 cm³/mol. The fourth-order valence-electron chi connectivity index (χ4n) is 3.90. The van der Waals surface area contributed by atoms with Crippen molar-refractivity contribution in [2.24, 2.45) is 0 Å². The molecule has 0 bridgehead atoms. The molecule has 3 aromatic rings. The smallest absolute Gasteiger partial charge is 0.290 e. The van der Waals surface area contributed by atoms with E-state index in [1.807, 2.05) is 6.92 Å². The van der Waals surface area contributed by atoms with E-state index in [0.717, 1.165) is 0 Å². The van der Waals surface area contributed by atoms with Gasteiger partial charge < -0.3 is 24.3 Å². The first kappa shape index (κ1) is 21.9. The SMILES string of the molecule is CCCN1C(=O)C(O)=C(C(=O)c2cc3cc(Cl)ccc3o2)C1c1cccc(OCCO)c1. The van der Waals surface area contributed by atoms with Crippen LogP contribution in [0, 0.1) is 0 Å². The topological polar surface area (TPSA) is 100 Å². The van der Waals surface area contributed by atoms with Crippen molar-refractivity contribution in [1.29, 1.82) is 0 Å². The molecule has 0 fully saturated rings. The number of amides is 1. The fraction of sp³-hybridized carbons (Fsp3) is 0.250. The molecule has 0 saturated heterocycles. The molecular weight excluding hydrogens is 434 g/mol. The van der Waals surface area contributed by atoms with Crippen LogP contribution in [0.15, 0.2) is 64.3 Å². The molecule has 1 aromatic heterocycles. The molecule has 32 heavy (non-hydrogen) atoms. The highest BCUT2D eigenvalue weighted by molar-refractivity contribution is 6.31. The molecule has 1 atom stereocenters. The summed E-state index contributed by atoms with van der Waals surface area (Å²) < 4.78 is 11.2. The summed E-state index contributed by atoms with van der Waals surface area (Å²) in [5.74, 6) is -1.28. The number of carbonyl (C=O) groups excluding carboxylic acids is 2. The molecule has 4 rings (SSSR count). The Morgan fingerprint density at radius 1 is 1.22 bits per heavy atom. The summed E-state index contributed by atoms with van der Waals surface area (Å²) in [6, 6.07) is 12.6. The van der Waals surface area contributed by atoms with Crippen LogP contribution in [0.1, 0.15) is 35.5 Å². The first-order valence-corrected chi connectivity index (χ1v) is 10.6. The van der Waals surface area contributed by atoms with Crippen molar-refractivity contribution < 1.29 is 29.0 Å². The third-order valence-electron chi connectivity index (χ3n) is 5.25. The second-order valence-corrected chi connectivity index (χ2v) is 7.87. The zero-order valence-corrected chi connectivity index (χ0v) is 18.1. The number of Topliss-reactive ketones (excluding diaryl/α,β-unsaturated/α-hetero) is 1. The molecule has 2 aromatic carbocycles. The van der Waals surface area contributed by atoms with Gasteiger partial charge in [-0.2, -0.15) is 0 Å². The molecule has 7 nitrogen and oxygen atoms in total. The Balaban J connectivity index is 1.78. The third-order valence-corrected chi connectivity index (χ3v) is 5.48. The molecule has 2 N–H and O–H groups in total. The van der Waals surface area contributed by atoms with Gasteiger partial charge in [0.25, 0.3) is 5.91 Å². The number of halogens is 1. The quantitative estimate of drug-likeness (QED) is 0.487. The number of ketones is 1. The van der Waals surface area contributed by atoms with Crippen LogP contribution in [-0.4, -0.2) is 46.6 Å². The Morgan fingerprint density at radius 2 is 2.03 bits per heavy atom. The van der Waals surface area contributed by atoms with Gasteiger partial charge in [-0.3, -0.25) is 9.59 Å². The average Bonchev–Trinajstić information content (AvgIpc) is 3.32. The van der Waals surface area contributed by atoms with Gasteiger partial charge in [0, 0.05) is 17.0 Å². The van der Waals surface area contributed by atoms with E-state index in [-0.39, 0.29) is 24.5 Å². The Morgan fingerprint density at radius 3 is 2.78 bits per heavy atom. The van der Waals surface area contributed by atoms with Gasteiger partial charge in [-0.05, 0) is 48.4 Å². The van der Waals surface area contributed by atoms with Crippen LogP contribution in [0.3, 0.4) is 0 Å². The lowest BCUT2D eigenvalue weighted by Gasteiger charge is -2.26. The van der Waals surface area contributed by atoms with Crippen LogP contribution in [0.4, 0.5) is 0 Å². The maximum absolute atomic E-state index is 13.5. The lowest BCUT2D eigenvalue weighted by Crippen LogP contribution is -2.31. The molecule has 0 radical (unpaired) electrons. The molecule has 1 amide bonds. The summed E-state index contributed by atoms with van der Waals surface area (Å²) in [6.45, 7) is 2.22. The molecule has 0 spiro atoms. The van der Waals surface area contributed by atoms with Crippen LogP contribution in [0.25, 0.3) is 11.0 Å². The van der Waals surface area contributed by atoms with Crippen molar-refractivity contribution in [3.63, 3.8) is 0 Å². The number of ether oxygens (including phenoxy) is 1. The Kier molecular flexibility index (Phi) is 6.21. The van der Waals surface area contributed by atoms with E-state index >= 15 is 0 Å². The van der Waals surface area contributed by atoms with Gasteiger partial charge in [-0.15, -0.1) is 0 Å². The van der Waals surface area contributed by atoms with E-state index in [0.29, 0.717) is 40.3 Å². The molecule has 2 heterocycles. The lowest BCUT2D eigenvalue weighted by atomic mass is 9.94. The number of furan rings is 1. The number of fused-ring (bicyclic) bond motifs is 1. The van der Waals surface area contributed by atoms with E-state index in [1.54, 1.807) is 48.5 Å². The van der Waals surface area contributed by atoms with Crippen LogP contribution in [0.2, 0.25) is 5.02 Å². The van der Waals surface area contributed by atoms with Crippen molar-refractivity contribution in [1.82, 2.24) is 4.90 Å². The van der Waals surface area contributed by atoms with E-state index < -0.39 is 23.5 Å². The van der Waals surface area contributed by atoms with Crippen LogP contribution < -0.4 is 4.74 Å². The maximum atomic E-state index is 13.5. The number of aliphatic hydroxyl groups is 2. The number of carbonyl (C=O) groups is 2. The number of nitrogens with zero attached hydrogens (tertiary/aromatic N) is 1. The normalized spacial score (nSPS) is 16.3. The van der Waals surface area contributed by atoms with Gasteiger partial charge in [0.15, 0.2) is 11.5 Å². The van der Waals surface area contributed by atoms with Gasteiger partial charge in [0.05, 0.1) is 18.2 Å². The van der Waals surface area contributed by atoms with E-state index in [9.17, 15) is 14.7 Å². The molecule has 166 valence electrons. The van der Waals surface area contributed by atoms with Gasteiger partial charge in [0.1, 0.15) is 17.9 Å². The number of aliphatic hydroxyl groups excluding tert-OH is 2. The minimum absolute atomic E-state index is 0.00708. The summed E-state index contributed by atoms with van der Waals surface area (Å²) in [5, 5.41) is 20.9. The van der Waals surface area contributed by atoms with E-state index in [2.05, 4.69) is 0 Å². The van der Waals surface area contributed by atoms with E-state index in [1.165, 1.54) is 4.90 Å². The summed E-state index contributed by atoms with van der Waals surface area (Å²) in [6.07, 6.45) is 0.640. The summed E-state index contributed by atoms with van der Waals surface area (Å²) >= 11 is 6.03. The zero-order valence-electron chi connectivity index (χ0n) is 17.4. The van der Waals surface area contributed by atoms with Crippen molar-refractivity contribution in [2.45, 2.75) is 19.4 Å². The summed E-state index contributed by atoms with van der Waals surface area (Å²) in [5.41, 5.74) is 1.03. The van der Waals surface area contributed by atoms with Crippen LogP contribution in [0.5, 0.6) is 5.75 Å². The Labute approximate surface area is 189 Å². The second kappa shape index (κ2) is 9.06. The average molecular weight is 456 g/mol. The number of rotatable bonds is 8. The van der Waals surface area contributed by atoms with Gasteiger partial charge in [0.2, 0.25) is 5.78 Å². The van der Waals surface area contributed by atoms with Crippen molar-refractivity contribution >= 4 is 34.3 Å². The summed E-state index contributed by atoms with van der Waals surface area (Å²) in [4.78, 5) is 27.8. The minimum atomic E-state index is -0.801. The van der Waals surface area contributed by atoms with Crippen LogP contribution >= 0.6 is 11.6 Å². The Hall–Kier alpha value is -3.29. The first-order valence-electron chi connectivity index (χ1n) is 10.3. The highest BCUT2D eigenvalue weighted by Gasteiger charge is 2.44. The standard InChI is InChI=1S/C24H22ClNO6/c1-2-8-26-21(14-4-3-5-17(12-14)31-10-9-27)20(23(29)24(26)30)22(28)19-13-15-11-16(25)6-7-18(15)32-19/h3-7,11-13,21,27,29H,2,8-10H2,1H3. The predicted octanol–water partition coefficient (Wildman–Crippen LogP) is 4.45. The minimum Gasteiger partial charge on any atom is -0.503 e. The molecule has 1 unspecified atom stereocenters. The van der Waals surface area contributed by atoms with Gasteiger partial charge >= 0.3 is 0 Å². The lowest BCUT2D eigenvalue weighted by molar-refractivity contribution is -0.129. The largest absolute Gasteiger partial charge is 0.503 e. The molecule has 0 aliphatic carbocycles. The number of hydrogen-bond donors (Lipinski definition) is 2. The molecule has 1 aliphatic rings. The highest BCUT2D eigenvalue weighted by atomic mass is 35.5.